The second-order valence-corrected chi connectivity index (χ2v) is 28.8. The van der Waals surface area contributed by atoms with Gasteiger partial charge in [0, 0.05) is 38.3 Å². The Morgan fingerprint density at radius 1 is 0.236 bits per heavy atom. The molecule has 4 aliphatic rings. The number of anilines is 6. The topological polar surface area (TPSA) is 68.3 Å². The standard InChI is InChI=1S/C49H35B2NO2.C46H29B2NO3/c1-49(2)39-18-8-10-20-41(39)52(42-21-11-9-19-40(42)49)36-30-28-35(29-31-36)51-46-38-17-7-13-23-44(38)53-47(46)50(45-37-16-6-12-22-43(37)54-48(45)51)34-26-24-33(25-27-34)32-14-4-3-5-15-32;1-2-12-30(13-3-1)31-22-24-32(25-23-31)47-43-35-14-4-8-18-39(35)52-46(43)48(44-36-15-5-9-19-40(36)51-45(44)47)33-26-28-34(29-27-33)49-37-16-6-10-20-41(37)50-42-21-11-7-17-38(42)49/h3-31H,1-2H3;1-29H. The van der Waals surface area contributed by atoms with Crippen molar-refractivity contribution >= 4 is 171 Å². The second kappa shape index (κ2) is 24.5. The third kappa shape index (κ3) is 9.72. The first-order valence-electron chi connectivity index (χ1n) is 36.6. The van der Waals surface area contributed by atoms with Crippen LogP contribution in [-0.2, 0) is 5.41 Å². The number of hydrogen-bond acceptors (Lipinski definition) is 7. The molecular formula is C95H64B4N2O5. The van der Waals surface area contributed by atoms with Gasteiger partial charge in [0.1, 0.15) is 22.3 Å². The maximum absolute atomic E-state index is 6.99. The molecule has 0 atom stereocenters. The highest BCUT2D eigenvalue weighted by molar-refractivity contribution is 7.13. The van der Waals surface area contributed by atoms with Crippen molar-refractivity contribution in [3.05, 3.63) is 363 Å². The number of ether oxygens (including phenoxy) is 1. The zero-order chi connectivity index (χ0) is 70.1. The van der Waals surface area contributed by atoms with Crippen molar-refractivity contribution in [2.45, 2.75) is 19.3 Å². The fraction of sp³-hybridized carbons (Fsp3) is 0.0316. The Labute approximate surface area is 615 Å². The third-order valence-corrected chi connectivity index (χ3v) is 22.6. The van der Waals surface area contributed by atoms with Gasteiger partial charge in [-0.05, 0) is 140 Å². The van der Waals surface area contributed by atoms with Crippen LogP contribution in [0.15, 0.2) is 370 Å². The first-order chi connectivity index (χ1) is 52.4. The Morgan fingerprint density at radius 2 is 0.491 bits per heavy atom. The lowest BCUT2D eigenvalue weighted by Gasteiger charge is -2.42. The molecule has 0 unspecified atom stereocenters. The summed E-state index contributed by atoms with van der Waals surface area (Å²) in [4.78, 5) is 4.69. The molecule has 0 saturated carbocycles. The van der Waals surface area contributed by atoms with Crippen LogP contribution in [0, 0.1) is 0 Å². The SMILES string of the molecule is CC1(C)c2ccccc2N(c2ccc(B3c4oc5ccccc5c4B(c4ccc(-c5ccccc5)cc4)c4oc5ccccc5c43)cc2)c2ccccc21.c1ccc(-c2ccc(B3c4oc5ccccc5c4B(c4ccc(N5c6ccccc6Oc6ccccc65)cc4)c4oc5ccccc5c43)cc2)cc1. The van der Waals surface area contributed by atoms with Gasteiger partial charge < -0.3 is 32.2 Å². The van der Waals surface area contributed by atoms with Crippen molar-refractivity contribution in [3.63, 3.8) is 0 Å². The summed E-state index contributed by atoms with van der Waals surface area (Å²) in [5.41, 5.74) is 30.8. The van der Waals surface area contributed by atoms with Gasteiger partial charge in [-0.1, -0.05) is 303 Å². The summed E-state index contributed by atoms with van der Waals surface area (Å²) in [6.45, 7) is 4.08. The molecular weight excluding hydrogens is 1290 g/mol. The van der Waals surface area contributed by atoms with Gasteiger partial charge in [0.25, 0.3) is 26.9 Å². The molecule has 0 N–H and O–H groups in total. The minimum Gasteiger partial charge on any atom is -0.471 e. The summed E-state index contributed by atoms with van der Waals surface area (Å²) in [5, 5.41) is 4.48. The molecule has 8 heterocycles. The molecule has 106 heavy (non-hydrogen) atoms. The Morgan fingerprint density at radius 3 is 0.830 bits per heavy atom. The Bertz CT molecular complexity index is 6340. The smallest absolute Gasteiger partial charge is 0.290 e. The van der Waals surface area contributed by atoms with Gasteiger partial charge in [-0.3, -0.25) is 0 Å². The highest BCUT2D eigenvalue weighted by Crippen LogP contribution is 2.52. The van der Waals surface area contributed by atoms with Crippen molar-refractivity contribution in [1.82, 2.24) is 0 Å². The molecule has 11 heteroatoms. The van der Waals surface area contributed by atoms with E-state index in [-0.39, 0.29) is 32.3 Å². The summed E-state index contributed by atoms with van der Waals surface area (Å²) >= 11 is 0. The lowest BCUT2D eigenvalue weighted by Crippen LogP contribution is -2.73. The van der Waals surface area contributed by atoms with Crippen molar-refractivity contribution in [2.75, 3.05) is 9.80 Å². The monoisotopic (exact) mass is 1360 g/mol. The number of nitrogens with zero attached hydrogens (tertiary/aromatic N) is 2. The average molecular weight is 1360 g/mol. The van der Waals surface area contributed by atoms with Gasteiger partial charge in [-0.15, -0.1) is 0 Å². The Hall–Kier alpha value is -13.1. The third-order valence-electron chi connectivity index (χ3n) is 22.6. The summed E-state index contributed by atoms with van der Waals surface area (Å²) in [6.07, 6.45) is 0. The summed E-state index contributed by atoms with van der Waals surface area (Å²) in [5.74, 6) is 1.67. The van der Waals surface area contributed by atoms with Crippen LogP contribution in [0.1, 0.15) is 25.0 Å². The summed E-state index contributed by atoms with van der Waals surface area (Å²) in [7, 11) is 0. The number of fused-ring (bicyclic) bond motifs is 16. The van der Waals surface area contributed by atoms with Crippen LogP contribution in [0.3, 0.4) is 0 Å². The van der Waals surface area contributed by atoms with Crippen LogP contribution < -0.4 is 80.9 Å². The molecule has 4 aromatic heterocycles. The minimum absolute atomic E-state index is 0.111. The van der Waals surface area contributed by atoms with Crippen molar-refractivity contribution in [1.29, 1.82) is 0 Å². The van der Waals surface area contributed by atoms with E-state index in [4.69, 9.17) is 22.4 Å². The van der Waals surface area contributed by atoms with E-state index in [0.717, 1.165) is 112 Å². The van der Waals surface area contributed by atoms with Gasteiger partial charge in [-0.2, -0.15) is 0 Å². The van der Waals surface area contributed by atoms with Crippen molar-refractivity contribution in [2.24, 2.45) is 0 Å². The fourth-order valence-electron chi connectivity index (χ4n) is 17.7. The lowest BCUT2D eigenvalue weighted by molar-refractivity contribution is 0.477. The maximum Gasteiger partial charge on any atom is 0.290 e. The second-order valence-electron chi connectivity index (χ2n) is 28.8. The van der Waals surface area contributed by atoms with Crippen LogP contribution in [-0.4, -0.2) is 26.9 Å². The molecule has 0 bridgehead atoms. The highest BCUT2D eigenvalue weighted by Gasteiger charge is 2.49. The van der Waals surface area contributed by atoms with Gasteiger partial charge in [0.05, 0.1) is 45.4 Å². The molecule has 18 aromatic rings. The molecule has 0 spiro atoms. The van der Waals surface area contributed by atoms with E-state index in [1.54, 1.807) is 0 Å². The van der Waals surface area contributed by atoms with E-state index in [1.807, 2.05) is 24.3 Å². The molecule has 14 aromatic carbocycles. The normalized spacial score (nSPS) is 13.6. The predicted molar refractivity (Wildman–Crippen MR) is 442 cm³/mol. The van der Waals surface area contributed by atoms with Crippen LogP contribution in [0.4, 0.5) is 34.1 Å². The first kappa shape index (κ1) is 61.6. The number of furan rings is 4. The largest absolute Gasteiger partial charge is 0.471 e. The maximum atomic E-state index is 6.99. The first-order valence-corrected chi connectivity index (χ1v) is 36.6. The molecule has 0 fully saturated rings. The average Bonchev–Trinajstić information content (AvgIpc) is 1.55. The number of para-hydroxylation sites is 10. The Kier molecular flexibility index (Phi) is 14.3. The number of hydrogen-bond donors (Lipinski definition) is 0. The van der Waals surface area contributed by atoms with Crippen molar-refractivity contribution < 1.29 is 22.4 Å². The summed E-state index contributed by atoms with van der Waals surface area (Å²) < 4.78 is 34.1. The molecule has 7 nitrogen and oxygen atoms in total. The zero-order valence-electron chi connectivity index (χ0n) is 58.2. The van der Waals surface area contributed by atoms with E-state index >= 15 is 0 Å². The van der Waals surface area contributed by atoms with Gasteiger partial charge in [-0.25, -0.2) is 0 Å². The Balaban J connectivity index is 0.000000136. The molecule has 22 rings (SSSR count). The molecule has 0 aliphatic carbocycles. The van der Waals surface area contributed by atoms with E-state index in [2.05, 4.69) is 351 Å². The van der Waals surface area contributed by atoms with Crippen LogP contribution >= 0.6 is 0 Å². The highest BCUT2D eigenvalue weighted by atomic mass is 16.5. The van der Waals surface area contributed by atoms with Crippen LogP contribution in [0.5, 0.6) is 11.5 Å². The zero-order valence-corrected chi connectivity index (χ0v) is 58.2. The van der Waals surface area contributed by atoms with Gasteiger partial charge >= 0.3 is 0 Å². The van der Waals surface area contributed by atoms with E-state index in [9.17, 15) is 0 Å². The quantitative estimate of drug-likeness (QED) is 0.140. The predicted octanol–water partition coefficient (Wildman–Crippen LogP) is 16.1. The van der Waals surface area contributed by atoms with Gasteiger partial charge in [0.2, 0.25) is 0 Å². The lowest BCUT2D eigenvalue weighted by atomic mass is 9.24. The minimum atomic E-state index is -0.167. The van der Waals surface area contributed by atoms with Gasteiger partial charge in [0.15, 0.2) is 11.5 Å². The van der Waals surface area contributed by atoms with E-state index in [0.29, 0.717) is 0 Å². The fourth-order valence-corrected chi connectivity index (χ4v) is 17.7. The number of rotatable bonds is 8. The van der Waals surface area contributed by atoms with E-state index < -0.39 is 0 Å². The van der Waals surface area contributed by atoms with Crippen molar-refractivity contribution in [3.8, 4) is 33.8 Å². The summed E-state index contributed by atoms with van der Waals surface area (Å²) in [6, 6.07) is 125. The molecule has 496 valence electrons. The molecule has 0 radical (unpaired) electrons. The van der Waals surface area contributed by atoms with E-state index in [1.165, 1.54) is 77.5 Å². The van der Waals surface area contributed by atoms with Crippen LogP contribution in [0.25, 0.3) is 66.1 Å². The van der Waals surface area contributed by atoms with Crippen LogP contribution in [0.2, 0.25) is 0 Å². The molecule has 0 saturated heterocycles. The molecule has 0 amide bonds. The molecule has 4 aliphatic heterocycles. The number of benzene rings is 14.